The lowest BCUT2D eigenvalue weighted by atomic mass is 10.1. The van der Waals surface area contributed by atoms with Gasteiger partial charge in [0.25, 0.3) is 5.91 Å². The molecule has 1 saturated carbocycles. The number of aromatic nitrogens is 1. The van der Waals surface area contributed by atoms with Crippen LogP contribution in [0.4, 0.5) is 5.13 Å². The number of rotatable bonds is 8. The number of carbonyl (C=O) groups excluding carboxylic acids is 1. The lowest BCUT2D eigenvalue weighted by Gasteiger charge is -2.10. The van der Waals surface area contributed by atoms with Crippen molar-refractivity contribution >= 4 is 37.9 Å². The normalized spacial score (nSPS) is 20.5. The van der Waals surface area contributed by atoms with E-state index < -0.39 is 21.8 Å². The molecule has 1 aliphatic heterocycles. The third kappa shape index (κ3) is 5.12. The van der Waals surface area contributed by atoms with Crippen LogP contribution in [0, 0.1) is 0 Å². The van der Waals surface area contributed by atoms with Crippen LogP contribution in [0.1, 0.15) is 42.7 Å². The first kappa shape index (κ1) is 21.9. The first-order chi connectivity index (χ1) is 14.8. The van der Waals surface area contributed by atoms with Crippen molar-refractivity contribution in [3.63, 3.8) is 0 Å². The van der Waals surface area contributed by atoms with E-state index in [4.69, 9.17) is 9.57 Å². The van der Waals surface area contributed by atoms with Gasteiger partial charge in [0.2, 0.25) is 0 Å². The van der Waals surface area contributed by atoms with Crippen molar-refractivity contribution in [3.8, 4) is 0 Å². The molecule has 1 amide bonds. The molecule has 2 N–H and O–H groups in total. The summed E-state index contributed by atoms with van der Waals surface area (Å²) < 4.78 is 30.1. The summed E-state index contributed by atoms with van der Waals surface area (Å²) in [7, 11) is -3.33. The summed E-state index contributed by atoms with van der Waals surface area (Å²) >= 11 is 1.15. The van der Waals surface area contributed by atoms with Crippen LogP contribution < -0.4 is 5.32 Å². The summed E-state index contributed by atoms with van der Waals surface area (Å²) in [6, 6.07) is 6.06. The van der Waals surface area contributed by atoms with Crippen molar-refractivity contribution in [3.05, 3.63) is 40.9 Å². The van der Waals surface area contributed by atoms with Crippen molar-refractivity contribution in [1.82, 2.24) is 4.98 Å². The van der Waals surface area contributed by atoms with E-state index in [2.05, 4.69) is 15.5 Å². The van der Waals surface area contributed by atoms with Gasteiger partial charge in [-0.25, -0.2) is 13.4 Å². The van der Waals surface area contributed by atoms with Crippen molar-refractivity contribution in [2.45, 2.75) is 48.5 Å². The van der Waals surface area contributed by atoms with Gasteiger partial charge in [-0.15, -0.1) is 0 Å². The Kier molecular flexibility index (Phi) is 6.37. The highest BCUT2D eigenvalue weighted by atomic mass is 32.2. The molecule has 31 heavy (non-hydrogen) atoms. The molecule has 1 saturated heterocycles. The zero-order valence-corrected chi connectivity index (χ0v) is 18.5. The number of aliphatic hydroxyl groups is 1. The van der Waals surface area contributed by atoms with Crippen LogP contribution in [0.25, 0.3) is 0 Å². The predicted octanol–water partition coefficient (Wildman–Crippen LogP) is 2.28. The van der Waals surface area contributed by atoms with E-state index in [1.54, 1.807) is 19.1 Å². The molecule has 0 spiro atoms. The van der Waals surface area contributed by atoms with Crippen molar-refractivity contribution in [1.29, 1.82) is 0 Å². The van der Waals surface area contributed by atoms with Gasteiger partial charge in [0.1, 0.15) is 0 Å². The van der Waals surface area contributed by atoms with Gasteiger partial charge in [-0.05, 0) is 31.9 Å². The van der Waals surface area contributed by atoms with Gasteiger partial charge in [0.05, 0.1) is 34.3 Å². The van der Waals surface area contributed by atoms with Crippen molar-refractivity contribution in [2.75, 3.05) is 18.5 Å². The van der Waals surface area contributed by atoms with E-state index in [0.29, 0.717) is 48.0 Å². The average Bonchev–Trinajstić information content (AvgIpc) is 3.29. The number of hydrogen-bond donors (Lipinski definition) is 2. The Morgan fingerprint density at radius 1 is 1.32 bits per heavy atom. The van der Waals surface area contributed by atoms with Crippen molar-refractivity contribution < 1.29 is 27.9 Å². The zero-order valence-electron chi connectivity index (χ0n) is 16.9. The van der Waals surface area contributed by atoms with E-state index in [9.17, 15) is 18.3 Å². The molecular formula is C20H23N3O6S2. The summed E-state index contributed by atoms with van der Waals surface area (Å²) in [6.45, 7) is 2.57. The quantitative estimate of drug-likeness (QED) is 0.452. The second-order valence-corrected chi connectivity index (χ2v) is 10.8. The highest BCUT2D eigenvalue weighted by Crippen LogP contribution is 2.33. The van der Waals surface area contributed by atoms with Gasteiger partial charge < -0.3 is 14.7 Å². The second kappa shape index (κ2) is 9.03. The molecule has 1 aromatic heterocycles. The molecule has 2 aliphatic rings. The molecule has 9 nitrogen and oxygen atoms in total. The maximum atomic E-state index is 12.9. The zero-order chi connectivity index (χ0) is 22.0. The smallest absolute Gasteiger partial charge is 0.280 e. The first-order valence-corrected chi connectivity index (χ1v) is 12.3. The number of amides is 1. The van der Waals surface area contributed by atoms with Gasteiger partial charge in [-0.1, -0.05) is 28.6 Å². The minimum absolute atomic E-state index is 0.00364. The number of ether oxygens (including phenoxy) is 1. The Bertz CT molecular complexity index is 1070. The van der Waals surface area contributed by atoms with E-state index in [1.165, 1.54) is 18.3 Å². The Labute approximate surface area is 184 Å². The number of nitrogens with one attached hydrogen (secondary N) is 1. The SMILES string of the molecule is C[C@H](O)c1cnc(NC(=O)C(=NO[C@@H]2CCOC2)c2ccc(S(=O)(=O)C3CC3)cc2)s1. The molecule has 2 atom stereocenters. The predicted molar refractivity (Wildman–Crippen MR) is 115 cm³/mol. The first-order valence-electron chi connectivity index (χ1n) is 9.95. The van der Waals surface area contributed by atoms with Gasteiger partial charge in [0.15, 0.2) is 26.8 Å². The Morgan fingerprint density at radius 2 is 2.06 bits per heavy atom. The van der Waals surface area contributed by atoms with E-state index >= 15 is 0 Å². The number of sulfone groups is 1. The number of nitrogens with zero attached hydrogens (tertiary/aromatic N) is 2. The van der Waals surface area contributed by atoms with Crippen molar-refractivity contribution in [2.24, 2.45) is 5.16 Å². The molecule has 0 bridgehead atoms. The maximum absolute atomic E-state index is 12.9. The fourth-order valence-corrected chi connectivity index (χ4v) is 5.42. The summed E-state index contributed by atoms with van der Waals surface area (Å²) in [5.41, 5.74) is 0.412. The standard InChI is InChI=1S/C20H23N3O6S2/c1-12(24)17-10-21-20(30-17)22-19(25)18(23-29-14-8-9-28-11-14)13-2-4-15(5-3-13)31(26,27)16-6-7-16/h2-5,10,12,14,16,24H,6-9,11H2,1H3,(H,21,22,25)/t12-,14+/m0/s1. The van der Waals surface area contributed by atoms with Crippen LogP contribution in [-0.2, 0) is 24.2 Å². The summed E-state index contributed by atoms with van der Waals surface area (Å²) in [5.74, 6) is -0.553. The molecule has 166 valence electrons. The summed E-state index contributed by atoms with van der Waals surface area (Å²) in [4.78, 5) is 23.4. The van der Waals surface area contributed by atoms with Crippen LogP contribution in [0.15, 0.2) is 40.5 Å². The van der Waals surface area contributed by atoms with Gasteiger partial charge >= 0.3 is 0 Å². The van der Waals surface area contributed by atoms with Gasteiger partial charge in [0, 0.05) is 18.2 Å². The minimum atomic E-state index is -3.33. The molecule has 2 fully saturated rings. The molecule has 11 heteroatoms. The van der Waals surface area contributed by atoms with Gasteiger partial charge in [-0.3, -0.25) is 10.1 Å². The number of carbonyl (C=O) groups is 1. The fourth-order valence-electron chi connectivity index (χ4n) is 3.02. The van der Waals surface area contributed by atoms with Crippen LogP contribution in [0.5, 0.6) is 0 Å². The Hall–Kier alpha value is -2.34. The Balaban J connectivity index is 1.57. The minimum Gasteiger partial charge on any atom is -0.389 e. The monoisotopic (exact) mass is 465 g/mol. The molecule has 2 heterocycles. The Morgan fingerprint density at radius 3 is 2.65 bits per heavy atom. The van der Waals surface area contributed by atoms with E-state index in [0.717, 1.165) is 11.3 Å². The third-order valence-corrected chi connectivity index (χ3v) is 8.33. The molecular weight excluding hydrogens is 442 g/mol. The lowest BCUT2D eigenvalue weighted by molar-refractivity contribution is -0.110. The van der Waals surface area contributed by atoms with Crippen LogP contribution in [0.3, 0.4) is 0 Å². The van der Waals surface area contributed by atoms with E-state index in [1.807, 2.05) is 0 Å². The number of oxime groups is 1. The second-order valence-electron chi connectivity index (χ2n) is 7.50. The highest BCUT2D eigenvalue weighted by Gasteiger charge is 2.36. The van der Waals surface area contributed by atoms with E-state index in [-0.39, 0.29) is 22.0 Å². The molecule has 1 aliphatic carbocycles. The summed E-state index contributed by atoms with van der Waals surface area (Å²) in [5, 5.41) is 16.4. The number of benzene rings is 1. The lowest BCUT2D eigenvalue weighted by Crippen LogP contribution is -2.25. The topological polar surface area (TPSA) is 127 Å². The number of anilines is 1. The molecule has 0 unspecified atom stereocenters. The largest absolute Gasteiger partial charge is 0.389 e. The van der Waals surface area contributed by atoms with Crippen LogP contribution in [-0.4, -0.2) is 54.7 Å². The van der Waals surface area contributed by atoms with Crippen LogP contribution >= 0.6 is 11.3 Å². The molecule has 4 rings (SSSR count). The molecule has 2 aromatic rings. The fraction of sp³-hybridized carbons (Fsp3) is 0.450. The molecule has 0 radical (unpaired) electrons. The number of aliphatic hydroxyl groups excluding tert-OH is 1. The van der Waals surface area contributed by atoms with Crippen LogP contribution in [0.2, 0.25) is 0 Å². The third-order valence-electron chi connectivity index (χ3n) is 4.97. The number of hydrogen-bond acceptors (Lipinski definition) is 9. The van der Waals surface area contributed by atoms with Gasteiger partial charge in [-0.2, -0.15) is 0 Å². The average molecular weight is 466 g/mol. The maximum Gasteiger partial charge on any atom is 0.280 e. The highest BCUT2D eigenvalue weighted by molar-refractivity contribution is 7.92. The summed E-state index contributed by atoms with van der Waals surface area (Å²) in [6.07, 6.45) is 2.58. The number of thiazole rings is 1. The molecule has 1 aromatic carbocycles.